The Morgan fingerprint density at radius 1 is 1.06 bits per heavy atom. The van der Waals surface area contributed by atoms with Crippen molar-refractivity contribution < 1.29 is 14.6 Å². The van der Waals surface area contributed by atoms with Crippen molar-refractivity contribution in [3.8, 4) is 0 Å². The third-order valence-electron chi connectivity index (χ3n) is 6.07. The highest BCUT2D eigenvalue weighted by atomic mass is 127. The lowest BCUT2D eigenvalue weighted by Crippen LogP contribution is -2.47. The van der Waals surface area contributed by atoms with Gasteiger partial charge < -0.3 is 14.7 Å². The predicted molar refractivity (Wildman–Crippen MR) is 134 cm³/mol. The van der Waals surface area contributed by atoms with Gasteiger partial charge in [0, 0.05) is 33.8 Å². The molecule has 2 aromatic carbocycles. The second kappa shape index (κ2) is 8.98. The van der Waals surface area contributed by atoms with E-state index >= 15 is 0 Å². The first kappa shape index (κ1) is 23.0. The molecule has 4 rings (SSSR count). The Hall–Kier alpha value is -2.19. The van der Waals surface area contributed by atoms with Gasteiger partial charge in [0.15, 0.2) is 0 Å². The Kier molecular flexibility index (Phi) is 6.45. The van der Waals surface area contributed by atoms with E-state index < -0.39 is 11.2 Å². The number of nitrogens with zero attached hydrogens (tertiary/aromatic N) is 2. The number of carbonyl (C=O) groups excluding carboxylic acids is 1. The van der Waals surface area contributed by atoms with Gasteiger partial charge in [0.2, 0.25) is 0 Å². The molecule has 1 aromatic heterocycles. The van der Waals surface area contributed by atoms with Crippen LogP contribution in [0.4, 0.5) is 4.79 Å². The van der Waals surface area contributed by atoms with E-state index in [1.165, 1.54) is 0 Å². The molecule has 5 nitrogen and oxygen atoms in total. The van der Waals surface area contributed by atoms with Gasteiger partial charge >= 0.3 is 6.09 Å². The Bertz CT molecular complexity index is 1100. The predicted octanol–water partition coefficient (Wildman–Crippen LogP) is 5.72. The molecule has 1 aliphatic heterocycles. The van der Waals surface area contributed by atoms with Crippen molar-refractivity contribution in [2.45, 2.75) is 44.8 Å². The number of aromatic nitrogens is 1. The third-order valence-corrected chi connectivity index (χ3v) is 6.78. The number of ether oxygens (including phenoxy) is 1. The van der Waals surface area contributed by atoms with Crippen molar-refractivity contribution in [1.82, 2.24) is 9.88 Å². The first-order valence-corrected chi connectivity index (χ1v) is 12.1. The summed E-state index contributed by atoms with van der Waals surface area (Å²) in [7, 11) is 0. The van der Waals surface area contributed by atoms with Crippen LogP contribution in [0, 0.1) is 9.49 Å². The number of piperidine rings is 1. The Morgan fingerprint density at radius 3 is 2.38 bits per heavy atom. The average molecular weight is 544 g/mol. The van der Waals surface area contributed by atoms with E-state index in [0.717, 1.165) is 25.6 Å². The number of pyridine rings is 1. The fourth-order valence-electron chi connectivity index (χ4n) is 4.53. The number of hydrogen-bond donors (Lipinski definition) is 1. The summed E-state index contributed by atoms with van der Waals surface area (Å²) < 4.78 is 6.67. The monoisotopic (exact) mass is 544 g/mol. The molecular formula is C26H29IN2O3. The summed E-state index contributed by atoms with van der Waals surface area (Å²) in [4.78, 5) is 18.9. The van der Waals surface area contributed by atoms with E-state index in [4.69, 9.17) is 4.74 Å². The fourth-order valence-corrected chi connectivity index (χ4v) is 4.89. The van der Waals surface area contributed by atoms with Crippen molar-refractivity contribution in [3.05, 3.63) is 75.5 Å². The molecule has 1 unspecified atom stereocenters. The molecule has 2 heterocycles. The summed E-state index contributed by atoms with van der Waals surface area (Å²) in [6.45, 7) is 6.72. The minimum absolute atomic E-state index is 0.0612. The van der Waals surface area contributed by atoms with Crippen LogP contribution in [0.3, 0.4) is 0 Å². The minimum atomic E-state index is -1.21. The molecule has 3 aromatic rings. The lowest BCUT2D eigenvalue weighted by molar-refractivity contribution is -0.0230. The third kappa shape index (κ3) is 4.62. The molecule has 32 heavy (non-hydrogen) atoms. The number of fused-ring (bicyclic) bond motifs is 1. The van der Waals surface area contributed by atoms with Crippen LogP contribution in [0.15, 0.2) is 60.8 Å². The van der Waals surface area contributed by atoms with Crippen molar-refractivity contribution >= 4 is 39.6 Å². The zero-order valence-corrected chi connectivity index (χ0v) is 20.9. The van der Waals surface area contributed by atoms with Crippen molar-refractivity contribution in [1.29, 1.82) is 0 Å². The van der Waals surface area contributed by atoms with E-state index in [2.05, 4.69) is 27.6 Å². The number of carbonyl (C=O) groups is 1. The van der Waals surface area contributed by atoms with Gasteiger partial charge in [-0.15, -0.1) is 0 Å². The van der Waals surface area contributed by atoms with Crippen molar-refractivity contribution in [3.63, 3.8) is 0 Å². The smallest absolute Gasteiger partial charge is 0.410 e. The first-order valence-electron chi connectivity index (χ1n) is 11.0. The van der Waals surface area contributed by atoms with Crippen LogP contribution < -0.4 is 0 Å². The number of likely N-dealkylation sites (tertiary alicyclic amines) is 1. The minimum Gasteiger partial charge on any atom is -0.444 e. The lowest BCUT2D eigenvalue weighted by atomic mass is 9.71. The number of hydrogen-bond acceptors (Lipinski definition) is 4. The summed E-state index contributed by atoms with van der Waals surface area (Å²) in [6, 6.07) is 18.0. The van der Waals surface area contributed by atoms with Crippen LogP contribution >= 0.6 is 22.6 Å². The molecule has 168 valence electrons. The van der Waals surface area contributed by atoms with Crippen LogP contribution in [0.5, 0.6) is 0 Å². The highest BCUT2D eigenvalue weighted by Gasteiger charge is 2.43. The molecule has 0 aliphatic carbocycles. The molecular weight excluding hydrogens is 515 g/mol. The zero-order valence-electron chi connectivity index (χ0n) is 18.7. The standard InChI is InChI=1S/C26H29IN2O3/c1-25(2,3)32-24(30)29-16-13-20(14-17-29)26(31,19-9-11-21(27)12-10-19)22-8-4-6-18-7-5-15-28-23(18)22/h4-12,15,20,31H,13-14,16-17H2,1-3H3. The molecule has 1 fully saturated rings. The van der Waals surface area contributed by atoms with Crippen molar-refractivity contribution in [2.24, 2.45) is 5.92 Å². The summed E-state index contributed by atoms with van der Waals surface area (Å²) in [6.07, 6.45) is 2.82. The molecule has 6 heteroatoms. The molecule has 0 saturated carbocycles. The number of rotatable bonds is 3. The molecule has 1 saturated heterocycles. The Balaban J connectivity index is 1.70. The summed E-state index contributed by atoms with van der Waals surface area (Å²) in [5.41, 5.74) is 0.743. The maximum atomic E-state index is 12.6. The van der Waals surface area contributed by atoms with Gasteiger partial charge in [-0.2, -0.15) is 0 Å². The van der Waals surface area contributed by atoms with Crippen molar-refractivity contribution in [2.75, 3.05) is 13.1 Å². The lowest BCUT2D eigenvalue weighted by Gasteiger charge is -2.42. The van der Waals surface area contributed by atoms with Gasteiger partial charge in [-0.1, -0.05) is 36.4 Å². The SMILES string of the molecule is CC(C)(C)OC(=O)N1CCC(C(O)(c2ccc(I)cc2)c2cccc3cccnc23)CC1. The summed E-state index contributed by atoms with van der Waals surface area (Å²) in [5, 5.41) is 13.4. The molecule has 0 spiro atoms. The van der Waals surface area contributed by atoms with Gasteiger partial charge in [-0.25, -0.2) is 4.79 Å². The topological polar surface area (TPSA) is 62.7 Å². The quantitative estimate of drug-likeness (QED) is 0.429. The molecule has 1 N–H and O–H groups in total. The normalized spacial score (nSPS) is 17.2. The number of aliphatic hydroxyl groups is 1. The van der Waals surface area contributed by atoms with Gasteiger partial charge in [0.25, 0.3) is 0 Å². The largest absolute Gasteiger partial charge is 0.444 e. The van der Waals surface area contributed by atoms with Crippen LogP contribution in [0.1, 0.15) is 44.7 Å². The van der Waals surface area contributed by atoms with E-state index in [1.807, 2.05) is 75.4 Å². The Morgan fingerprint density at radius 2 is 1.72 bits per heavy atom. The maximum Gasteiger partial charge on any atom is 0.410 e. The van der Waals surface area contributed by atoms with Crippen LogP contribution in [-0.2, 0) is 10.3 Å². The molecule has 1 amide bonds. The van der Waals surface area contributed by atoms with Gasteiger partial charge in [-0.3, -0.25) is 4.98 Å². The summed E-state index contributed by atoms with van der Waals surface area (Å²) >= 11 is 2.28. The first-order chi connectivity index (χ1) is 15.2. The van der Waals surface area contributed by atoms with Crippen LogP contribution in [0.25, 0.3) is 10.9 Å². The molecule has 0 bridgehead atoms. The van der Waals surface area contributed by atoms with E-state index in [1.54, 1.807) is 11.1 Å². The average Bonchev–Trinajstić information content (AvgIpc) is 2.77. The van der Waals surface area contributed by atoms with Gasteiger partial charge in [0.1, 0.15) is 11.2 Å². The van der Waals surface area contributed by atoms with Gasteiger partial charge in [0.05, 0.1) is 5.52 Å². The van der Waals surface area contributed by atoms with E-state index in [0.29, 0.717) is 25.9 Å². The van der Waals surface area contributed by atoms with Gasteiger partial charge in [-0.05, 0) is 85.9 Å². The zero-order chi connectivity index (χ0) is 22.9. The molecule has 0 radical (unpaired) electrons. The second-order valence-corrected chi connectivity index (χ2v) is 10.6. The highest BCUT2D eigenvalue weighted by Crippen LogP contribution is 2.44. The number of para-hydroxylation sites is 1. The fraction of sp³-hybridized carbons (Fsp3) is 0.385. The summed E-state index contributed by atoms with van der Waals surface area (Å²) in [5.74, 6) is -0.0612. The molecule has 1 atom stereocenters. The number of halogens is 1. The van der Waals surface area contributed by atoms with E-state index in [-0.39, 0.29) is 12.0 Å². The highest BCUT2D eigenvalue weighted by molar-refractivity contribution is 14.1. The number of amides is 1. The second-order valence-electron chi connectivity index (χ2n) is 9.40. The van der Waals surface area contributed by atoms with E-state index in [9.17, 15) is 9.90 Å². The Labute approximate surface area is 202 Å². The number of benzene rings is 2. The molecule has 1 aliphatic rings. The van der Waals surface area contributed by atoms with Crippen LogP contribution in [0.2, 0.25) is 0 Å². The van der Waals surface area contributed by atoms with Crippen LogP contribution in [-0.4, -0.2) is 39.8 Å². The maximum absolute atomic E-state index is 12.6.